The fraction of sp³-hybridized carbons (Fsp3) is 0.167. The van der Waals surface area contributed by atoms with E-state index in [9.17, 15) is 18.0 Å². The molecule has 0 aromatic heterocycles. The predicted molar refractivity (Wildman–Crippen MR) is 117 cm³/mol. The molecule has 3 aromatic rings. The molecule has 0 aliphatic carbocycles. The number of esters is 2. The summed E-state index contributed by atoms with van der Waals surface area (Å²) in [5, 5.41) is 0. The van der Waals surface area contributed by atoms with Crippen molar-refractivity contribution >= 4 is 22.1 Å². The zero-order valence-corrected chi connectivity index (χ0v) is 18.2. The number of hydrogen-bond donors (Lipinski definition) is 0. The molecule has 0 unspecified atom stereocenters. The Labute approximate surface area is 186 Å². The van der Waals surface area contributed by atoms with E-state index < -0.39 is 34.8 Å². The maximum absolute atomic E-state index is 12.5. The number of rotatable bonds is 9. The minimum Gasteiger partial charge on any atom is -0.458 e. The highest BCUT2D eigenvalue weighted by molar-refractivity contribution is 7.86. The molecule has 0 aliphatic rings. The van der Waals surface area contributed by atoms with Crippen LogP contribution in [-0.4, -0.2) is 39.7 Å². The van der Waals surface area contributed by atoms with E-state index in [1.165, 1.54) is 12.1 Å². The molecule has 32 heavy (non-hydrogen) atoms. The lowest BCUT2D eigenvalue weighted by Gasteiger charge is -2.18. The van der Waals surface area contributed by atoms with Gasteiger partial charge in [-0.25, -0.2) is 9.59 Å². The topological polar surface area (TPSA) is 96.0 Å². The quantitative estimate of drug-likeness (QED) is 0.359. The van der Waals surface area contributed by atoms with Crippen molar-refractivity contribution in [3.63, 3.8) is 0 Å². The van der Waals surface area contributed by atoms with Crippen molar-refractivity contribution < 1.29 is 31.7 Å². The molecule has 0 fully saturated rings. The van der Waals surface area contributed by atoms with E-state index in [-0.39, 0.29) is 17.1 Å². The number of aryl methyl sites for hydroxylation is 1. The molecule has 3 aromatic carbocycles. The Morgan fingerprint density at radius 3 is 1.84 bits per heavy atom. The van der Waals surface area contributed by atoms with Crippen molar-refractivity contribution in [3.05, 3.63) is 102 Å². The summed E-state index contributed by atoms with van der Waals surface area (Å²) in [7, 11) is -4.10. The van der Waals surface area contributed by atoms with Gasteiger partial charge < -0.3 is 9.47 Å². The average molecular weight is 455 g/mol. The normalized spacial score (nSPS) is 12.0. The number of benzene rings is 3. The first-order valence-electron chi connectivity index (χ1n) is 9.79. The second-order valence-corrected chi connectivity index (χ2v) is 8.52. The van der Waals surface area contributed by atoms with Crippen molar-refractivity contribution in [2.75, 3.05) is 13.2 Å². The summed E-state index contributed by atoms with van der Waals surface area (Å²) < 4.78 is 40.7. The van der Waals surface area contributed by atoms with Crippen LogP contribution >= 0.6 is 0 Å². The van der Waals surface area contributed by atoms with Crippen LogP contribution in [0.3, 0.4) is 0 Å². The number of carbonyl (C=O) groups excluding carboxylic acids is 2. The second-order valence-electron chi connectivity index (χ2n) is 6.91. The van der Waals surface area contributed by atoms with Crippen LogP contribution in [0.5, 0.6) is 0 Å². The lowest BCUT2D eigenvalue weighted by atomic mass is 10.2. The van der Waals surface area contributed by atoms with Gasteiger partial charge in [0.15, 0.2) is 6.10 Å². The molecular formula is C24H22O7S. The van der Waals surface area contributed by atoms with Crippen LogP contribution in [0, 0.1) is 6.92 Å². The van der Waals surface area contributed by atoms with E-state index in [0.717, 1.165) is 5.56 Å². The van der Waals surface area contributed by atoms with Gasteiger partial charge in [0.05, 0.1) is 16.0 Å². The van der Waals surface area contributed by atoms with E-state index >= 15 is 0 Å². The van der Waals surface area contributed by atoms with Crippen molar-refractivity contribution in [2.24, 2.45) is 0 Å². The molecule has 0 saturated carbocycles. The van der Waals surface area contributed by atoms with Crippen LogP contribution in [0.25, 0.3) is 0 Å². The van der Waals surface area contributed by atoms with Crippen molar-refractivity contribution in [2.45, 2.75) is 17.9 Å². The Hall–Kier alpha value is -3.49. The summed E-state index contributed by atoms with van der Waals surface area (Å²) in [6.45, 7) is 0.935. The molecule has 0 radical (unpaired) electrons. The summed E-state index contributed by atoms with van der Waals surface area (Å²) in [5.41, 5.74) is 1.48. The molecule has 0 heterocycles. The Kier molecular flexibility index (Phi) is 7.75. The zero-order chi connectivity index (χ0) is 23.0. The fourth-order valence-corrected chi connectivity index (χ4v) is 3.61. The highest BCUT2D eigenvalue weighted by Gasteiger charge is 2.23. The molecule has 0 amide bonds. The SMILES string of the molecule is Cc1ccc(S(=O)(=O)OC[C@@H](COC(=O)c2ccccc2)OC(=O)c2ccccc2)cc1. The third kappa shape index (κ3) is 6.50. The van der Waals surface area contributed by atoms with Gasteiger partial charge >= 0.3 is 11.9 Å². The molecule has 0 saturated heterocycles. The Balaban J connectivity index is 1.69. The third-order valence-electron chi connectivity index (χ3n) is 4.41. The number of carbonyl (C=O) groups is 2. The van der Waals surface area contributed by atoms with Gasteiger partial charge in [0.25, 0.3) is 10.1 Å². The standard InChI is InChI=1S/C24H22O7S/c1-18-12-14-22(15-13-18)32(27,28)30-17-21(31-24(26)20-10-6-3-7-11-20)16-29-23(25)19-8-4-2-5-9-19/h2-15,21H,16-17H2,1H3/t21-/m1/s1. The highest BCUT2D eigenvalue weighted by Crippen LogP contribution is 2.15. The Bertz CT molecular complexity index is 1140. The molecular weight excluding hydrogens is 432 g/mol. The van der Waals surface area contributed by atoms with Gasteiger partial charge in [-0.15, -0.1) is 0 Å². The second kappa shape index (κ2) is 10.7. The van der Waals surface area contributed by atoms with Crippen molar-refractivity contribution in [3.8, 4) is 0 Å². The van der Waals surface area contributed by atoms with E-state index in [1.54, 1.807) is 72.8 Å². The molecule has 0 bridgehead atoms. The van der Waals surface area contributed by atoms with Gasteiger partial charge in [-0.2, -0.15) is 8.42 Å². The molecule has 8 heteroatoms. The van der Waals surface area contributed by atoms with E-state index in [2.05, 4.69) is 0 Å². The van der Waals surface area contributed by atoms with Crippen LogP contribution in [0.15, 0.2) is 89.8 Å². The van der Waals surface area contributed by atoms with Crippen LogP contribution in [0.2, 0.25) is 0 Å². The Morgan fingerprint density at radius 2 is 1.28 bits per heavy atom. The van der Waals surface area contributed by atoms with Gasteiger partial charge in [0, 0.05) is 0 Å². The molecule has 3 rings (SSSR count). The minimum absolute atomic E-state index is 0.0301. The highest BCUT2D eigenvalue weighted by atomic mass is 32.2. The number of hydrogen-bond acceptors (Lipinski definition) is 7. The first-order chi connectivity index (χ1) is 15.3. The smallest absolute Gasteiger partial charge is 0.338 e. The summed E-state index contributed by atoms with van der Waals surface area (Å²) in [6, 6.07) is 22.6. The van der Waals surface area contributed by atoms with Gasteiger partial charge in [0.1, 0.15) is 13.2 Å². The zero-order valence-electron chi connectivity index (χ0n) is 17.3. The molecule has 166 valence electrons. The van der Waals surface area contributed by atoms with E-state index in [1.807, 2.05) is 6.92 Å². The van der Waals surface area contributed by atoms with Gasteiger partial charge in [0.2, 0.25) is 0 Å². The maximum Gasteiger partial charge on any atom is 0.338 e. The van der Waals surface area contributed by atoms with Gasteiger partial charge in [-0.05, 0) is 43.3 Å². The number of ether oxygens (including phenoxy) is 2. The van der Waals surface area contributed by atoms with Crippen LogP contribution in [-0.2, 0) is 23.8 Å². The molecule has 1 atom stereocenters. The van der Waals surface area contributed by atoms with E-state index in [4.69, 9.17) is 13.7 Å². The summed E-state index contributed by atoms with van der Waals surface area (Å²) in [6.07, 6.45) is -1.14. The van der Waals surface area contributed by atoms with Gasteiger partial charge in [-0.1, -0.05) is 54.1 Å². The molecule has 0 spiro atoms. The van der Waals surface area contributed by atoms with Crippen LogP contribution < -0.4 is 0 Å². The fourth-order valence-electron chi connectivity index (χ4n) is 2.67. The van der Waals surface area contributed by atoms with Crippen molar-refractivity contribution in [1.29, 1.82) is 0 Å². The lowest BCUT2D eigenvalue weighted by Crippen LogP contribution is -2.31. The molecule has 0 aliphatic heterocycles. The Morgan fingerprint density at radius 1 is 0.750 bits per heavy atom. The first kappa shape index (κ1) is 23.2. The molecule has 7 nitrogen and oxygen atoms in total. The van der Waals surface area contributed by atoms with Crippen LogP contribution in [0.1, 0.15) is 26.3 Å². The third-order valence-corrected chi connectivity index (χ3v) is 5.71. The lowest BCUT2D eigenvalue weighted by molar-refractivity contribution is -0.0128. The first-order valence-corrected chi connectivity index (χ1v) is 11.2. The van der Waals surface area contributed by atoms with Crippen LogP contribution in [0.4, 0.5) is 0 Å². The monoisotopic (exact) mass is 454 g/mol. The minimum atomic E-state index is -4.10. The van der Waals surface area contributed by atoms with E-state index in [0.29, 0.717) is 5.56 Å². The predicted octanol–water partition coefficient (Wildman–Crippen LogP) is 3.78. The summed E-state index contributed by atoms with van der Waals surface area (Å²) in [4.78, 5) is 24.6. The maximum atomic E-state index is 12.5. The molecule has 0 N–H and O–H groups in total. The van der Waals surface area contributed by atoms with Crippen molar-refractivity contribution in [1.82, 2.24) is 0 Å². The average Bonchev–Trinajstić information content (AvgIpc) is 2.82. The summed E-state index contributed by atoms with van der Waals surface area (Å²) in [5.74, 6) is -1.32. The summed E-state index contributed by atoms with van der Waals surface area (Å²) >= 11 is 0. The largest absolute Gasteiger partial charge is 0.458 e. The van der Waals surface area contributed by atoms with Gasteiger partial charge in [-0.3, -0.25) is 4.18 Å².